The molecule has 0 unspecified atom stereocenters. The van der Waals surface area contributed by atoms with E-state index in [9.17, 15) is 19.8 Å². The van der Waals surface area contributed by atoms with Crippen molar-refractivity contribution in [2.45, 2.75) is 51.0 Å². The molecular formula is C35H34N2O5. The van der Waals surface area contributed by atoms with Crippen molar-refractivity contribution in [1.29, 1.82) is 0 Å². The van der Waals surface area contributed by atoms with Crippen molar-refractivity contribution in [3.63, 3.8) is 0 Å². The minimum Gasteiger partial charge on any atom is -0.396 e. The fourth-order valence-corrected chi connectivity index (χ4v) is 7.69. The number of carbonyl (C=O) groups is 2. The monoisotopic (exact) mass is 562 g/mol. The number of aliphatic hydroxyl groups excluding tert-OH is 1. The zero-order valence-corrected chi connectivity index (χ0v) is 23.9. The summed E-state index contributed by atoms with van der Waals surface area (Å²) in [6, 6.07) is 27.2. The van der Waals surface area contributed by atoms with E-state index < -0.39 is 17.3 Å². The van der Waals surface area contributed by atoms with Crippen LogP contribution in [0.25, 0.3) is 10.8 Å². The largest absolute Gasteiger partial charge is 0.396 e. The molecule has 2 amide bonds. The number of hydrogen-bond donors (Lipinski definition) is 2. The highest BCUT2D eigenvalue weighted by Gasteiger charge is 2.65. The number of para-hydroxylation sites is 1. The minimum atomic E-state index is -1.24. The summed E-state index contributed by atoms with van der Waals surface area (Å²) in [6.45, 7) is 5.70. The summed E-state index contributed by atoms with van der Waals surface area (Å²) in [5, 5.41) is 22.9. The Labute approximate surface area is 244 Å². The Morgan fingerprint density at radius 2 is 1.60 bits per heavy atom. The first-order valence-corrected chi connectivity index (χ1v) is 14.5. The van der Waals surface area contributed by atoms with Crippen LogP contribution >= 0.6 is 0 Å². The number of anilines is 3. The van der Waals surface area contributed by atoms with Crippen LogP contribution in [0.4, 0.5) is 17.1 Å². The van der Waals surface area contributed by atoms with Gasteiger partial charge in [-0.15, -0.1) is 0 Å². The van der Waals surface area contributed by atoms with Gasteiger partial charge in [0, 0.05) is 35.1 Å². The Kier molecular flexibility index (Phi) is 6.06. The number of benzene rings is 4. The topological polar surface area (TPSA) is 90.3 Å². The molecule has 3 aliphatic rings. The zero-order valence-electron chi connectivity index (χ0n) is 23.9. The second-order valence-corrected chi connectivity index (χ2v) is 12.3. The van der Waals surface area contributed by atoms with E-state index in [1.165, 1.54) is 0 Å². The number of rotatable bonds is 6. The van der Waals surface area contributed by atoms with E-state index in [4.69, 9.17) is 4.74 Å². The Morgan fingerprint density at radius 1 is 0.905 bits per heavy atom. The Balaban J connectivity index is 1.21. The lowest BCUT2D eigenvalue weighted by Gasteiger charge is -2.34. The Hall–Kier alpha value is -4.04. The average Bonchev–Trinajstić information content (AvgIpc) is 3.52. The highest BCUT2D eigenvalue weighted by Crippen LogP contribution is 2.57. The molecule has 0 aromatic heterocycles. The summed E-state index contributed by atoms with van der Waals surface area (Å²) in [5.74, 6) is -0.869. The van der Waals surface area contributed by atoms with Crippen LogP contribution in [0.1, 0.15) is 48.7 Å². The SMILES string of the molecule is C[C@@H]1[C@@H](C(C)(C)O)[C@H](CCO)O[C@@]12C(=O)N(Cc1ccc(N3C(=O)c4cccc5cccc3c45)cc1)c1ccccc12. The lowest BCUT2D eigenvalue weighted by atomic mass is 9.71. The number of hydrogen-bond acceptors (Lipinski definition) is 5. The van der Waals surface area contributed by atoms with Crippen LogP contribution in [0.2, 0.25) is 0 Å². The van der Waals surface area contributed by atoms with Gasteiger partial charge in [-0.1, -0.05) is 61.5 Å². The standard InChI is InChI=1S/C35H34N2O5/c1-21-31(34(2,3)41)29(18-19-38)42-35(21)26-11-4-5-12-27(26)36(33(35)40)20-22-14-16-24(17-15-22)37-28-13-7-9-23-8-6-10-25(30(23)28)32(37)39/h4-17,21,29,31,38,41H,18-20H2,1-3H3/t21-,29+,31-,35+/m1/s1. The minimum absolute atomic E-state index is 0.0497. The molecule has 7 rings (SSSR count). The molecule has 2 N–H and O–H groups in total. The molecule has 3 heterocycles. The predicted octanol–water partition coefficient (Wildman–Crippen LogP) is 5.68. The number of carbonyl (C=O) groups excluding carboxylic acids is 2. The molecule has 1 fully saturated rings. The van der Waals surface area contributed by atoms with E-state index in [-0.39, 0.29) is 30.3 Å². The lowest BCUT2D eigenvalue weighted by molar-refractivity contribution is -0.146. The van der Waals surface area contributed by atoms with E-state index in [2.05, 4.69) is 0 Å². The summed E-state index contributed by atoms with van der Waals surface area (Å²) < 4.78 is 6.61. The molecular weight excluding hydrogens is 528 g/mol. The van der Waals surface area contributed by atoms with E-state index >= 15 is 0 Å². The number of ether oxygens (including phenoxy) is 1. The molecule has 0 aliphatic carbocycles. The molecule has 4 atom stereocenters. The molecule has 0 bridgehead atoms. The molecule has 0 saturated carbocycles. The van der Waals surface area contributed by atoms with Gasteiger partial charge in [-0.3, -0.25) is 14.5 Å². The first kappa shape index (κ1) is 26.8. The first-order valence-electron chi connectivity index (χ1n) is 14.5. The fourth-order valence-electron chi connectivity index (χ4n) is 7.69. The molecule has 7 heteroatoms. The number of aliphatic hydroxyl groups is 2. The zero-order chi connectivity index (χ0) is 29.4. The van der Waals surface area contributed by atoms with E-state index in [1.54, 1.807) is 23.6 Å². The molecule has 1 saturated heterocycles. The second-order valence-electron chi connectivity index (χ2n) is 12.3. The van der Waals surface area contributed by atoms with Crippen molar-refractivity contribution in [2.24, 2.45) is 11.8 Å². The predicted molar refractivity (Wildman–Crippen MR) is 162 cm³/mol. The second kappa shape index (κ2) is 9.49. The van der Waals surface area contributed by atoms with E-state index in [0.29, 0.717) is 18.5 Å². The third-order valence-electron chi connectivity index (χ3n) is 9.40. The Bertz CT molecular complexity index is 1720. The summed E-state index contributed by atoms with van der Waals surface area (Å²) in [7, 11) is 0. The maximum Gasteiger partial charge on any atom is 0.264 e. The van der Waals surface area contributed by atoms with Crippen LogP contribution in [0.5, 0.6) is 0 Å². The van der Waals surface area contributed by atoms with Gasteiger partial charge in [0.05, 0.1) is 35.2 Å². The molecule has 42 heavy (non-hydrogen) atoms. The van der Waals surface area contributed by atoms with Crippen LogP contribution in [0.3, 0.4) is 0 Å². The van der Waals surface area contributed by atoms with Crippen molar-refractivity contribution >= 4 is 39.6 Å². The third-order valence-corrected chi connectivity index (χ3v) is 9.40. The van der Waals surface area contributed by atoms with Gasteiger partial charge in [-0.05, 0) is 61.5 Å². The number of nitrogens with zero attached hydrogens (tertiary/aromatic N) is 2. The molecule has 3 aliphatic heterocycles. The van der Waals surface area contributed by atoms with Gasteiger partial charge in [0.1, 0.15) is 0 Å². The fraction of sp³-hybridized carbons (Fsp3) is 0.314. The summed E-state index contributed by atoms with van der Waals surface area (Å²) in [5.41, 5.74) is 2.49. The van der Waals surface area contributed by atoms with E-state index in [0.717, 1.165) is 39.0 Å². The lowest BCUT2D eigenvalue weighted by Crippen LogP contribution is -2.46. The van der Waals surface area contributed by atoms with Gasteiger partial charge in [0.15, 0.2) is 5.60 Å². The average molecular weight is 563 g/mol. The molecule has 0 radical (unpaired) electrons. The van der Waals surface area contributed by atoms with Crippen LogP contribution in [-0.2, 0) is 21.7 Å². The summed E-state index contributed by atoms with van der Waals surface area (Å²) in [6.07, 6.45) is -0.127. The van der Waals surface area contributed by atoms with Gasteiger partial charge in [0.2, 0.25) is 0 Å². The maximum atomic E-state index is 14.4. The van der Waals surface area contributed by atoms with Crippen molar-refractivity contribution in [2.75, 3.05) is 16.4 Å². The van der Waals surface area contributed by atoms with Crippen LogP contribution in [0.15, 0.2) is 84.9 Å². The van der Waals surface area contributed by atoms with Crippen LogP contribution in [-0.4, -0.2) is 40.3 Å². The van der Waals surface area contributed by atoms with E-state index in [1.807, 2.05) is 91.9 Å². The van der Waals surface area contributed by atoms with Crippen molar-refractivity contribution in [3.8, 4) is 0 Å². The normalized spacial score (nSPS) is 24.8. The smallest absolute Gasteiger partial charge is 0.264 e. The first-order chi connectivity index (χ1) is 20.2. The highest BCUT2D eigenvalue weighted by molar-refractivity contribution is 6.27. The molecule has 214 valence electrons. The highest BCUT2D eigenvalue weighted by atomic mass is 16.5. The molecule has 7 nitrogen and oxygen atoms in total. The van der Waals surface area contributed by atoms with Crippen LogP contribution < -0.4 is 9.80 Å². The molecule has 1 spiro atoms. The molecule has 4 aromatic rings. The van der Waals surface area contributed by atoms with Gasteiger partial charge >= 0.3 is 0 Å². The molecule has 4 aromatic carbocycles. The van der Waals surface area contributed by atoms with Crippen molar-refractivity contribution < 1.29 is 24.5 Å². The summed E-state index contributed by atoms with van der Waals surface area (Å²) in [4.78, 5) is 31.3. The van der Waals surface area contributed by atoms with Crippen molar-refractivity contribution in [3.05, 3.63) is 102 Å². The Morgan fingerprint density at radius 3 is 2.31 bits per heavy atom. The van der Waals surface area contributed by atoms with Gasteiger partial charge in [0.25, 0.3) is 11.8 Å². The summed E-state index contributed by atoms with van der Waals surface area (Å²) >= 11 is 0. The number of fused-ring (bicyclic) bond motifs is 2. The van der Waals surface area contributed by atoms with Crippen molar-refractivity contribution in [1.82, 2.24) is 0 Å². The van der Waals surface area contributed by atoms with Gasteiger partial charge in [-0.25, -0.2) is 0 Å². The van der Waals surface area contributed by atoms with Gasteiger partial charge < -0.3 is 19.8 Å². The van der Waals surface area contributed by atoms with Gasteiger partial charge in [-0.2, -0.15) is 0 Å². The van der Waals surface area contributed by atoms with Crippen LogP contribution in [0, 0.1) is 11.8 Å². The number of amides is 2. The third kappa shape index (κ3) is 3.70. The quantitative estimate of drug-likeness (QED) is 0.316. The maximum absolute atomic E-state index is 14.4.